The standard InChI is InChI=1S/C40H60O14Si/c1-13-31(41)47-24-37(25-48-32(42)14-2,26-49-33(43)15-3)23-39(19-7,20-8)54-55(11,12)40(21-9,22-10)53-30-38(27-50-34(44)16-4,28-51-35(45)17-5)29-52-36(46)18-6/h13-18H,1-6,19-30H2,7-12H3. The van der Waals surface area contributed by atoms with Gasteiger partial charge in [-0.25, -0.2) is 28.8 Å². The third-order valence-electron chi connectivity index (χ3n) is 9.48. The Morgan fingerprint density at radius 3 is 0.964 bits per heavy atom. The Bertz CT molecular complexity index is 1270. The SMILES string of the molecule is C=CC(=O)OCC(COC(=O)C=C)(COC(=O)C=C)COC(CC)(CC)[Si](C)(C)OC(CC)(CC)CC(COC(=O)C=C)(COC(=O)C=C)COC(=O)C=C. The van der Waals surface area contributed by atoms with Crippen LogP contribution in [0.1, 0.15) is 59.8 Å². The quantitative estimate of drug-likeness (QED) is 0.0379. The predicted octanol–water partition coefficient (Wildman–Crippen LogP) is 5.62. The highest BCUT2D eigenvalue weighted by Gasteiger charge is 2.54. The van der Waals surface area contributed by atoms with Gasteiger partial charge in [0.1, 0.15) is 39.6 Å². The van der Waals surface area contributed by atoms with Crippen molar-refractivity contribution in [3.8, 4) is 0 Å². The summed E-state index contributed by atoms with van der Waals surface area (Å²) in [6.45, 7) is 29.9. The monoisotopic (exact) mass is 792 g/mol. The molecule has 308 valence electrons. The van der Waals surface area contributed by atoms with Gasteiger partial charge in [-0.2, -0.15) is 0 Å². The normalized spacial score (nSPS) is 11.9. The van der Waals surface area contributed by atoms with E-state index in [1.807, 2.05) is 40.8 Å². The van der Waals surface area contributed by atoms with Crippen LogP contribution in [0.3, 0.4) is 0 Å². The molecule has 55 heavy (non-hydrogen) atoms. The molecule has 0 saturated carbocycles. The molecule has 0 aliphatic carbocycles. The van der Waals surface area contributed by atoms with Crippen LogP contribution < -0.4 is 0 Å². The van der Waals surface area contributed by atoms with E-state index in [4.69, 9.17) is 37.6 Å². The molecule has 0 radical (unpaired) electrons. The molecule has 0 N–H and O–H groups in total. The Hall–Kier alpha value is -4.60. The summed E-state index contributed by atoms with van der Waals surface area (Å²) in [5, 5.41) is -0.968. The Balaban J connectivity index is 7.25. The van der Waals surface area contributed by atoms with Gasteiger partial charge in [0.25, 0.3) is 0 Å². The molecule has 0 atom stereocenters. The molecule has 0 amide bonds. The lowest BCUT2D eigenvalue weighted by Crippen LogP contribution is -2.63. The van der Waals surface area contributed by atoms with Crippen LogP contribution in [0.25, 0.3) is 0 Å². The van der Waals surface area contributed by atoms with Gasteiger partial charge in [0.15, 0.2) is 0 Å². The van der Waals surface area contributed by atoms with Crippen molar-refractivity contribution in [2.45, 2.75) is 83.7 Å². The lowest BCUT2D eigenvalue weighted by molar-refractivity contribution is -0.167. The van der Waals surface area contributed by atoms with Gasteiger partial charge < -0.3 is 37.6 Å². The first-order valence-electron chi connectivity index (χ1n) is 17.9. The Kier molecular flexibility index (Phi) is 22.0. The minimum Gasteiger partial charge on any atom is -0.462 e. The average Bonchev–Trinajstić information content (AvgIpc) is 3.20. The molecule has 0 saturated heterocycles. The van der Waals surface area contributed by atoms with Crippen molar-refractivity contribution >= 4 is 44.1 Å². The molecule has 0 aromatic rings. The molecular formula is C40H60O14Si. The summed E-state index contributed by atoms with van der Waals surface area (Å²) in [6.07, 6.45) is 7.64. The van der Waals surface area contributed by atoms with Crippen molar-refractivity contribution in [1.29, 1.82) is 0 Å². The highest BCUT2D eigenvalue weighted by molar-refractivity contribution is 6.74. The molecular weight excluding hydrogens is 733 g/mol. The Morgan fingerprint density at radius 2 is 0.727 bits per heavy atom. The maximum atomic E-state index is 12.3. The summed E-state index contributed by atoms with van der Waals surface area (Å²) in [5.41, 5.74) is -3.69. The Morgan fingerprint density at radius 1 is 0.455 bits per heavy atom. The van der Waals surface area contributed by atoms with Crippen LogP contribution in [-0.2, 0) is 66.4 Å². The number of esters is 6. The van der Waals surface area contributed by atoms with Crippen LogP contribution in [0.4, 0.5) is 0 Å². The van der Waals surface area contributed by atoms with E-state index in [1.54, 1.807) is 0 Å². The highest BCUT2D eigenvalue weighted by atomic mass is 28.4. The lowest BCUT2D eigenvalue weighted by Gasteiger charge is -2.51. The Labute approximate surface area is 326 Å². The van der Waals surface area contributed by atoms with Gasteiger partial charge in [0.05, 0.1) is 28.3 Å². The summed E-state index contributed by atoms with van der Waals surface area (Å²) in [5.74, 6) is -4.52. The number of ether oxygens (including phenoxy) is 7. The topological polar surface area (TPSA) is 176 Å². The number of carbonyl (C=O) groups is 6. The summed E-state index contributed by atoms with van der Waals surface area (Å²) in [4.78, 5) is 73.6. The molecule has 0 aliphatic heterocycles. The molecule has 0 aromatic carbocycles. The third kappa shape index (κ3) is 16.0. The van der Waals surface area contributed by atoms with Gasteiger partial charge in [-0.3, -0.25) is 0 Å². The van der Waals surface area contributed by atoms with Gasteiger partial charge >= 0.3 is 35.8 Å². The van der Waals surface area contributed by atoms with Crippen LogP contribution in [0.2, 0.25) is 13.1 Å². The number of hydrogen-bond donors (Lipinski definition) is 0. The van der Waals surface area contributed by atoms with E-state index in [2.05, 4.69) is 39.5 Å². The van der Waals surface area contributed by atoms with Crippen molar-refractivity contribution in [1.82, 2.24) is 0 Å². The predicted molar refractivity (Wildman–Crippen MR) is 208 cm³/mol. The summed E-state index contributed by atoms with van der Waals surface area (Å²) in [6, 6.07) is 0. The summed E-state index contributed by atoms with van der Waals surface area (Å²) < 4.78 is 46.8. The molecule has 0 bridgehead atoms. The molecule has 0 aliphatic rings. The van der Waals surface area contributed by atoms with Crippen molar-refractivity contribution in [3.63, 3.8) is 0 Å². The van der Waals surface area contributed by atoms with E-state index in [-0.39, 0.29) is 52.7 Å². The van der Waals surface area contributed by atoms with Crippen molar-refractivity contribution in [2.75, 3.05) is 46.2 Å². The van der Waals surface area contributed by atoms with Gasteiger partial charge in [0.2, 0.25) is 8.32 Å². The largest absolute Gasteiger partial charge is 0.462 e. The first-order valence-corrected chi connectivity index (χ1v) is 20.8. The zero-order chi connectivity index (χ0) is 42.3. The van der Waals surface area contributed by atoms with Crippen LogP contribution in [-0.4, -0.2) is 101 Å². The second-order valence-corrected chi connectivity index (χ2v) is 17.7. The zero-order valence-corrected chi connectivity index (χ0v) is 34.4. The fraction of sp³-hybridized carbons (Fsp3) is 0.550. The molecule has 15 heteroatoms. The van der Waals surface area contributed by atoms with Crippen LogP contribution >= 0.6 is 0 Å². The molecule has 0 aromatic heterocycles. The molecule has 0 spiro atoms. The van der Waals surface area contributed by atoms with Crippen molar-refractivity contribution in [3.05, 3.63) is 75.9 Å². The molecule has 14 nitrogen and oxygen atoms in total. The average molecular weight is 793 g/mol. The van der Waals surface area contributed by atoms with E-state index in [0.29, 0.717) is 25.7 Å². The van der Waals surface area contributed by atoms with Gasteiger partial charge in [-0.1, -0.05) is 67.2 Å². The molecule has 0 heterocycles. The van der Waals surface area contributed by atoms with Gasteiger partial charge in [-0.15, -0.1) is 0 Å². The van der Waals surface area contributed by atoms with E-state index >= 15 is 0 Å². The third-order valence-corrected chi connectivity index (χ3v) is 13.5. The number of carbonyl (C=O) groups excluding carboxylic acids is 6. The van der Waals surface area contributed by atoms with E-state index < -0.39 is 65.8 Å². The highest BCUT2D eigenvalue weighted by Crippen LogP contribution is 2.44. The fourth-order valence-corrected chi connectivity index (χ4v) is 9.75. The molecule has 0 unspecified atom stereocenters. The maximum absolute atomic E-state index is 12.3. The second-order valence-electron chi connectivity index (χ2n) is 13.5. The lowest BCUT2D eigenvalue weighted by atomic mass is 9.76. The van der Waals surface area contributed by atoms with E-state index in [0.717, 1.165) is 36.5 Å². The summed E-state index contributed by atoms with van der Waals surface area (Å²) in [7, 11) is -3.14. The molecule has 0 fully saturated rings. The smallest absolute Gasteiger partial charge is 0.330 e. The van der Waals surface area contributed by atoms with E-state index in [1.165, 1.54) is 0 Å². The fourth-order valence-electron chi connectivity index (χ4n) is 6.00. The molecule has 0 rings (SSSR count). The van der Waals surface area contributed by atoms with Crippen LogP contribution in [0.15, 0.2) is 75.9 Å². The van der Waals surface area contributed by atoms with Gasteiger partial charge in [-0.05, 0) is 45.2 Å². The first kappa shape index (κ1) is 50.4. The van der Waals surface area contributed by atoms with Crippen LogP contribution in [0.5, 0.6) is 0 Å². The zero-order valence-electron chi connectivity index (χ0n) is 33.4. The minimum absolute atomic E-state index is 0.0860. The van der Waals surface area contributed by atoms with Crippen molar-refractivity contribution in [2.24, 2.45) is 10.8 Å². The summed E-state index contributed by atoms with van der Waals surface area (Å²) >= 11 is 0. The maximum Gasteiger partial charge on any atom is 0.330 e. The van der Waals surface area contributed by atoms with Crippen molar-refractivity contribution < 1.29 is 66.4 Å². The van der Waals surface area contributed by atoms with Gasteiger partial charge in [0, 0.05) is 36.5 Å². The van der Waals surface area contributed by atoms with E-state index in [9.17, 15) is 28.8 Å². The second kappa shape index (κ2) is 24.0. The van der Waals surface area contributed by atoms with Crippen LogP contribution in [0, 0.1) is 10.8 Å². The number of rotatable bonds is 30. The minimum atomic E-state index is -3.14. The number of hydrogen-bond acceptors (Lipinski definition) is 14. The first-order chi connectivity index (χ1) is 25.8.